The van der Waals surface area contributed by atoms with E-state index in [4.69, 9.17) is 14.1 Å². The minimum absolute atomic E-state index is 0.153. The van der Waals surface area contributed by atoms with Gasteiger partial charge in [-0.2, -0.15) is 0 Å². The molecule has 10 aromatic rings. The van der Waals surface area contributed by atoms with Gasteiger partial charge < -0.3 is 5.11 Å². The normalized spacial score (nSPS) is 12.7. The molecule has 0 radical (unpaired) electrons. The number of phenolic OH excluding ortho intramolecular Hbond substituents is 1. The molecule has 0 aliphatic carbocycles. The van der Waals surface area contributed by atoms with Gasteiger partial charge in [0, 0.05) is 32.6 Å². The molecule has 2 aromatic heterocycles. The van der Waals surface area contributed by atoms with Gasteiger partial charge in [0.2, 0.25) is 0 Å². The average Bonchev–Trinajstić information content (AvgIpc) is 3.75. The number of hydrogen-bond acceptors (Lipinski definition) is 3. The number of pyridine rings is 1. The summed E-state index contributed by atoms with van der Waals surface area (Å²) in [5.41, 5.74) is 16.3. The van der Waals surface area contributed by atoms with Crippen molar-refractivity contribution in [2.45, 2.75) is 66.1 Å². The first-order valence-corrected chi connectivity index (χ1v) is 23.4. The van der Waals surface area contributed by atoms with Crippen LogP contribution in [0.1, 0.15) is 67.9 Å². The van der Waals surface area contributed by atoms with Gasteiger partial charge in [-0.25, -0.2) is 4.98 Å². The molecule has 4 heteroatoms. The predicted molar refractivity (Wildman–Crippen MR) is 285 cm³/mol. The fourth-order valence-corrected chi connectivity index (χ4v) is 9.29. The zero-order chi connectivity index (χ0) is 49.8. The quantitative estimate of drug-likeness (QED) is 0.165. The van der Waals surface area contributed by atoms with Crippen LogP contribution < -0.4 is 0 Å². The molecule has 2 heterocycles. The number of phenols is 1. The summed E-state index contributed by atoms with van der Waals surface area (Å²) in [5.74, 6) is 0.687. The van der Waals surface area contributed by atoms with E-state index in [2.05, 4.69) is 162 Å². The Morgan fingerprint density at radius 1 is 0.485 bits per heavy atom. The summed E-state index contributed by atoms with van der Waals surface area (Å²) in [4.78, 5) is 10.6. The zero-order valence-electron chi connectivity index (χ0n) is 42.8. The SMILES string of the molecule is [2H]C([2H])([2H])c1cc(-c2ccccc2)c(-n2c(-c3cc(C(C)(C)C)cc(C(C)(C)C)c3O)nc3c(-c4cc(-c5ccccc5)cc(-c5cc(-c6ccc(C)cc6)ccn5)c4)cccc32)cc1-c1ccccc1. The third-order valence-electron chi connectivity index (χ3n) is 13.0. The van der Waals surface area contributed by atoms with Crippen LogP contribution in [-0.2, 0) is 10.8 Å². The highest BCUT2D eigenvalue weighted by Gasteiger charge is 2.30. The maximum Gasteiger partial charge on any atom is 0.149 e. The molecule has 334 valence electrons. The topological polar surface area (TPSA) is 50.9 Å². The van der Waals surface area contributed by atoms with E-state index in [1.807, 2.05) is 85.1 Å². The summed E-state index contributed by atoms with van der Waals surface area (Å²) in [7, 11) is 0. The Balaban J connectivity index is 1.32. The van der Waals surface area contributed by atoms with E-state index in [-0.39, 0.29) is 16.7 Å². The number of rotatable bonds is 8. The van der Waals surface area contributed by atoms with Crippen molar-refractivity contribution < 1.29 is 9.22 Å². The van der Waals surface area contributed by atoms with Crippen molar-refractivity contribution >= 4 is 11.0 Å². The molecule has 0 saturated carbocycles. The number of para-hydroxylation sites is 1. The molecule has 1 N–H and O–H groups in total. The van der Waals surface area contributed by atoms with E-state index < -0.39 is 12.3 Å². The molecular formula is C64H57N3O. The van der Waals surface area contributed by atoms with Crippen LogP contribution in [0, 0.1) is 13.8 Å². The summed E-state index contributed by atoms with van der Waals surface area (Å²) in [5, 5.41) is 12.7. The van der Waals surface area contributed by atoms with Crippen molar-refractivity contribution in [1.82, 2.24) is 14.5 Å². The smallest absolute Gasteiger partial charge is 0.149 e. The van der Waals surface area contributed by atoms with Gasteiger partial charge in [-0.15, -0.1) is 0 Å². The van der Waals surface area contributed by atoms with Crippen molar-refractivity contribution in [2.24, 2.45) is 0 Å². The second-order valence-electron chi connectivity index (χ2n) is 20.0. The summed E-state index contributed by atoms with van der Waals surface area (Å²) in [6, 6.07) is 63.8. The lowest BCUT2D eigenvalue weighted by Gasteiger charge is -2.28. The number of imidazole rings is 1. The molecule has 0 aliphatic rings. The zero-order valence-corrected chi connectivity index (χ0v) is 39.8. The van der Waals surface area contributed by atoms with Crippen LogP contribution in [0.5, 0.6) is 5.75 Å². The Hall–Kier alpha value is -7.82. The second-order valence-corrected chi connectivity index (χ2v) is 20.0. The van der Waals surface area contributed by atoms with Gasteiger partial charge in [-0.05, 0) is 135 Å². The molecule has 4 nitrogen and oxygen atoms in total. The summed E-state index contributed by atoms with van der Waals surface area (Å²) < 4.78 is 28.8. The van der Waals surface area contributed by atoms with E-state index in [1.165, 1.54) is 5.56 Å². The third-order valence-corrected chi connectivity index (χ3v) is 13.0. The van der Waals surface area contributed by atoms with Crippen LogP contribution in [0.15, 0.2) is 194 Å². The van der Waals surface area contributed by atoms with Gasteiger partial charge in [0.1, 0.15) is 11.6 Å². The summed E-state index contributed by atoms with van der Waals surface area (Å²) in [6.45, 7) is 12.6. The Bertz CT molecular complexity index is 3580. The van der Waals surface area contributed by atoms with Crippen molar-refractivity contribution in [3.05, 3.63) is 217 Å². The van der Waals surface area contributed by atoms with E-state index in [0.717, 1.165) is 89.2 Å². The maximum absolute atomic E-state index is 12.7. The van der Waals surface area contributed by atoms with Crippen molar-refractivity contribution in [3.8, 4) is 89.7 Å². The van der Waals surface area contributed by atoms with Crippen molar-refractivity contribution in [2.75, 3.05) is 0 Å². The standard InChI is InChI=1S/C64H57N3O/c1-41-27-29-44(30-28-41)47-31-32-65-57(37-47)50-35-48(43-19-12-9-13-20-43)34-49(36-50)52-25-18-26-58-60(52)66-62(55-38-51(63(3,4)5)39-56(61(55)68)64(6,7)8)67(58)59-40-53(45-21-14-10-15-22-45)42(2)33-54(59)46-23-16-11-17-24-46/h9-40,68H,1-8H3/i2D3. The highest BCUT2D eigenvalue weighted by atomic mass is 16.3. The lowest BCUT2D eigenvalue weighted by atomic mass is 9.79. The number of aromatic nitrogens is 3. The lowest BCUT2D eigenvalue weighted by Crippen LogP contribution is -2.17. The van der Waals surface area contributed by atoms with Crippen LogP contribution in [0.25, 0.3) is 95.0 Å². The van der Waals surface area contributed by atoms with Crippen molar-refractivity contribution in [3.63, 3.8) is 0 Å². The summed E-state index contributed by atoms with van der Waals surface area (Å²) in [6.07, 6.45) is 1.88. The molecule has 0 spiro atoms. The maximum atomic E-state index is 12.7. The molecule has 68 heavy (non-hydrogen) atoms. The van der Waals surface area contributed by atoms with Gasteiger partial charge in [0.25, 0.3) is 0 Å². The first-order valence-electron chi connectivity index (χ1n) is 24.9. The molecule has 0 fully saturated rings. The molecular weight excluding hydrogens is 827 g/mol. The second kappa shape index (κ2) is 17.4. The van der Waals surface area contributed by atoms with Crippen LogP contribution in [0.3, 0.4) is 0 Å². The number of benzene rings is 8. The van der Waals surface area contributed by atoms with Gasteiger partial charge in [0.15, 0.2) is 0 Å². The number of aryl methyl sites for hydroxylation is 2. The number of aromatic hydroxyl groups is 1. The number of nitrogens with zero attached hydrogens (tertiary/aromatic N) is 3. The molecule has 0 aliphatic heterocycles. The van der Waals surface area contributed by atoms with Crippen LogP contribution in [-0.4, -0.2) is 19.6 Å². The Kier molecular flexibility index (Phi) is 10.4. The van der Waals surface area contributed by atoms with Crippen LogP contribution in [0.2, 0.25) is 0 Å². The molecule has 0 bridgehead atoms. The third kappa shape index (κ3) is 8.43. The van der Waals surface area contributed by atoms with Gasteiger partial charge in [-0.3, -0.25) is 9.55 Å². The predicted octanol–water partition coefficient (Wildman–Crippen LogP) is 17.0. The Morgan fingerprint density at radius 3 is 1.75 bits per heavy atom. The molecule has 0 atom stereocenters. The minimum atomic E-state index is -2.43. The average molecular weight is 887 g/mol. The van der Waals surface area contributed by atoms with Gasteiger partial charge in [0.05, 0.1) is 28.0 Å². The highest BCUT2D eigenvalue weighted by molar-refractivity contribution is 5.99. The van der Waals surface area contributed by atoms with Crippen LogP contribution >= 0.6 is 0 Å². The fourth-order valence-electron chi connectivity index (χ4n) is 9.29. The Labute approximate surface area is 405 Å². The highest BCUT2D eigenvalue weighted by Crippen LogP contribution is 2.47. The summed E-state index contributed by atoms with van der Waals surface area (Å²) >= 11 is 0. The van der Waals surface area contributed by atoms with Gasteiger partial charge >= 0.3 is 0 Å². The van der Waals surface area contributed by atoms with Crippen LogP contribution in [0.4, 0.5) is 0 Å². The first kappa shape index (κ1) is 40.5. The monoisotopic (exact) mass is 886 g/mol. The van der Waals surface area contributed by atoms with E-state index in [1.54, 1.807) is 0 Å². The molecule has 0 unspecified atom stereocenters. The lowest BCUT2D eigenvalue weighted by molar-refractivity contribution is 0.446. The molecule has 8 aromatic carbocycles. The van der Waals surface area contributed by atoms with Gasteiger partial charge in [-0.1, -0.05) is 181 Å². The molecule has 0 saturated heterocycles. The largest absolute Gasteiger partial charge is 0.507 e. The molecule has 0 amide bonds. The molecule has 10 rings (SSSR count). The number of fused-ring (bicyclic) bond motifs is 1. The first-order chi connectivity index (χ1) is 33.9. The van der Waals surface area contributed by atoms with Crippen molar-refractivity contribution in [1.29, 1.82) is 0 Å². The Morgan fingerprint density at radius 2 is 1.10 bits per heavy atom. The fraction of sp³-hybridized carbons (Fsp3) is 0.156. The van der Waals surface area contributed by atoms with E-state index in [9.17, 15) is 5.11 Å². The van der Waals surface area contributed by atoms with E-state index >= 15 is 0 Å². The van der Waals surface area contributed by atoms with E-state index in [0.29, 0.717) is 17.0 Å². The number of hydrogen-bond donors (Lipinski definition) is 1. The minimum Gasteiger partial charge on any atom is -0.507 e.